The molecule has 0 saturated heterocycles. The Hall–Kier alpha value is -5.18. The molecule has 14 nitrogen and oxygen atoms in total. The molecule has 2 heterocycles. The van der Waals surface area contributed by atoms with Crippen molar-refractivity contribution in [3.63, 3.8) is 0 Å². The van der Waals surface area contributed by atoms with Crippen molar-refractivity contribution in [2.75, 3.05) is 27.2 Å². The van der Waals surface area contributed by atoms with Crippen LogP contribution in [0.15, 0.2) is 60.9 Å². The third-order valence-electron chi connectivity index (χ3n) is 9.85. The Labute approximate surface area is 323 Å². The van der Waals surface area contributed by atoms with Gasteiger partial charge in [0.15, 0.2) is 11.6 Å². The van der Waals surface area contributed by atoms with Crippen LogP contribution in [0.2, 0.25) is 0 Å². The first-order chi connectivity index (χ1) is 25.8. The molecule has 300 valence electrons. The summed E-state index contributed by atoms with van der Waals surface area (Å²) in [4.78, 5) is 77.5. The van der Waals surface area contributed by atoms with Crippen molar-refractivity contribution in [2.24, 2.45) is 17.6 Å². The monoisotopic (exact) mass is 760 g/mol. The van der Waals surface area contributed by atoms with Gasteiger partial charge in [-0.05, 0) is 89.7 Å². The van der Waals surface area contributed by atoms with Gasteiger partial charge in [-0.3, -0.25) is 24.0 Å². The van der Waals surface area contributed by atoms with E-state index in [9.17, 15) is 28.8 Å². The number of aromatic amines is 2. The maximum atomic E-state index is 12.8. The maximum absolute atomic E-state index is 12.8. The van der Waals surface area contributed by atoms with Crippen molar-refractivity contribution in [1.29, 1.82) is 0 Å². The van der Waals surface area contributed by atoms with Gasteiger partial charge >= 0.3 is 6.03 Å². The summed E-state index contributed by atoms with van der Waals surface area (Å²) in [7, 11) is 3.54. The molecule has 0 spiro atoms. The third-order valence-corrected chi connectivity index (χ3v) is 9.85. The number of rotatable bonds is 22. The average Bonchev–Trinajstić information content (AvgIpc) is 3.75. The predicted octanol–water partition coefficient (Wildman–Crippen LogP) is 4.45. The molecule has 4 aromatic rings. The summed E-state index contributed by atoms with van der Waals surface area (Å²) in [5.41, 5.74) is 9.28. The van der Waals surface area contributed by atoms with Crippen molar-refractivity contribution in [2.45, 2.75) is 84.2 Å². The number of carbonyl (C=O) groups is 6. The molecular formula is C41H60N8O6. The summed E-state index contributed by atoms with van der Waals surface area (Å²) in [5, 5.41) is 13.6. The molecule has 4 rings (SSSR count). The Balaban J connectivity index is 0.000000373. The first-order valence-corrected chi connectivity index (χ1v) is 18.6. The van der Waals surface area contributed by atoms with Crippen LogP contribution in [0, 0.1) is 11.8 Å². The second-order valence-electron chi connectivity index (χ2n) is 13.8. The average molecular weight is 761 g/mol. The van der Waals surface area contributed by atoms with Gasteiger partial charge in [0.05, 0.1) is 12.1 Å². The second kappa shape index (κ2) is 23.6. The Morgan fingerprint density at radius 3 is 1.40 bits per heavy atom. The van der Waals surface area contributed by atoms with Crippen LogP contribution in [0.5, 0.6) is 0 Å². The zero-order chi connectivity index (χ0) is 39.6. The van der Waals surface area contributed by atoms with Crippen molar-refractivity contribution in [3.8, 4) is 0 Å². The van der Waals surface area contributed by atoms with E-state index in [2.05, 4.69) is 31.2 Å². The smallest absolute Gasteiger partial charge is 0.312 e. The number of ketones is 4. The molecule has 4 atom stereocenters. The number of benzene rings is 2. The molecule has 0 radical (unpaired) electrons. The molecule has 0 unspecified atom stereocenters. The van der Waals surface area contributed by atoms with Crippen molar-refractivity contribution >= 4 is 56.9 Å². The number of para-hydroxylation sites is 2. The molecule has 0 aliphatic rings. The molecule has 3 amide bonds. The normalized spacial score (nSPS) is 13.0. The summed E-state index contributed by atoms with van der Waals surface area (Å²) >= 11 is 0. The molecule has 55 heavy (non-hydrogen) atoms. The Bertz CT molecular complexity index is 1730. The molecular weight excluding hydrogens is 701 g/mol. The highest BCUT2D eigenvalue weighted by Crippen LogP contribution is 2.23. The maximum Gasteiger partial charge on any atom is 0.312 e. The van der Waals surface area contributed by atoms with Crippen LogP contribution < -0.4 is 33.2 Å². The summed E-state index contributed by atoms with van der Waals surface area (Å²) in [6, 6.07) is 14.7. The number of fused-ring (bicyclic) bond motifs is 2. The zero-order valence-corrected chi connectivity index (χ0v) is 32.9. The van der Waals surface area contributed by atoms with E-state index in [0.29, 0.717) is 51.6 Å². The van der Waals surface area contributed by atoms with Crippen molar-refractivity contribution in [1.82, 2.24) is 37.4 Å². The summed E-state index contributed by atoms with van der Waals surface area (Å²) in [6.45, 7) is 5.43. The molecule has 0 fully saturated rings. The van der Waals surface area contributed by atoms with Gasteiger partial charge in [-0.25, -0.2) is 4.79 Å². The Morgan fingerprint density at radius 1 is 0.636 bits per heavy atom. The van der Waals surface area contributed by atoms with Gasteiger partial charge in [-0.2, -0.15) is 0 Å². The molecule has 0 saturated carbocycles. The van der Waals surface area contributed by atoms with Gasteiger partial charge in [0.2, 0.25) is 5.91 Å². The first kappa shape index (κ1) is 46.0. The van der Waals surface area contributed by atoms with E-state index in [4.69, 9.17) is 5.73 Å². The SMILES string of the molecule is CN[C@@H](Cc1c[nH]c2ccccc12)C(=O)C[C@@H](CCCNC(C)=O)C(C)=O.CN[C@H](Cc1c[nH]c2ccccc12)C(=O)C[C@H](CCCNC(N)=O)C(C)=O.N. The number of nitrogens with one attached hydrogen (secondary N) is 6. The Morgan fingerprint density at radius 2 is 1.04 bits per heavy atom. The number of likely N-dealkylation sites (N-methyl/N-ethyl adjacent to an activating group) is 2. The van der Waals surface area contributed by atoms with Crippen LogP contribution >= 0.6 is 0 Å². The number of H-pyrrole nitrogens is 2. The quantitative estimate of drug-likeness (QED) is 0.0527. The van der Waals surface area contributed by atoms with Gasteiger partial charge in [0.1, 0.15) is 11.6 Å². The lowest BCUT2D eigenvalue weighted by Gasteiger charge is -2.19. The van der Waals surface area contributed by atoms with E-state index in [-0.39, 0.29) is 72.0 Å². The molecule has 14 heteroatoms. The lowest BCUT2D eigenvalue weighted by atomic mass is 9.89. The van der Waals surface area contributed by atoms with Gasteiger partial charge in [0.25, 0.3) is 0 Å². The summed E-state index contributed by atoms with van der Waals surface area (Å²) in [6.07, 6.45) is 7.87. The number of nitrogens with two attached hydrogens (primary N) is 1. The summed E-state index contributed by atoms with van der Waals surface area (Å²) in [5.74, 6) is -0.652. The largest absolute Gasteiger partial charge is 0.361 e. The highest BCUT2D eigenvalue weighted by Gasteiger charge is 2.26. The van der Waals surface area contributed by atoms with Gasteiger partial charge in [-0.15, -0.1) is 0 Å². The summed E-state index contributed by atoms with van der Waals surface area (Å²) < 4.78 is 0. The molecule has 2 aromatic carbocycles. The highest BCUT2D eigenvalue weighted by molar-refractivity contribution is 5.92. The van der Waals surface area contributed by atoms with Crippen LogP contribution in [-0.4, -0.2) is 84.3 Å². The highest BCUT2D eigenvalue weighted by atomic mass is 16.2. The molecule has 0 bridgehead atoms. The number of Topliss-reactive ketones (excluding diaryl/α,β-unsaturated/α-hetero) is 4. The van der Waals surface area contributed by atoms with Crippen LogP contribution in [0.4, 0.5) is 4.79 Å². The van der Waals surface area contributed by atoms with E-state index in [0.717, 1.165) is 32.9 Å². The minimum atomic E-state index is -0.584. The van der Waals surface area contributed by atoms with Gasteiger partial charge < -0.3 is 43.1 Å². The van der Waals surface area contributed by atoms with E-state index in [1.807, 2.05) is 60.9 Å². The van der Waals surface area contributed by atoms with Crippen LogP contribution in [-0.2, 0) is 36.8 Å². The van der Waals surface area contributed by atoms with E-state index >= 15 is 0 Å². The standard InChI is InChI=1S/C21H29N3O3.C20H28N4O3.H3N/c1-14(25)16(7-6-10-23-15(2)26)12-21(27)20(22-3)11-17-13-24-19-9-5-4-8-18(17)19;1-13(25)14(6-5-9-23-20(21)27)11-19(26)18(22-2)10-15-12-24-17-8-4-3-7-16(15)17;/h4-5,8-9,13,16,20,22,24H,6-7,10-12H2,1-3H3,(H,23,26);3-4,7-8,12,14,18,22,24H,5-6,9-11H2,1-2H3,(H3,21,23,27);1H3/t16-,20+;14-,18+;/m10./s1. The molecule has 0 aliphatic carbocycles. The Kier molecular flexibility index (Phi) is 19.7. The molecule has 11 N–H and O–H groups in total. The fourth-order valence-electron chi connectivity index (χ4n) is 6.64. The van der Waals surface area contributed by atoms with E-state index < -0.39 is 6.03 Å². The molecule has 2 aromatic heterocycles. The number of amides is 3. The molecule has 0 aliphatic heterocycles. The lowest BCUT2D eigenvalue weighted by Crippen LogP contribution is -2.38. The van der Waals surface area contributed by atoms with Crippen molar-refractivity contribution < 1.29 is 28.8 Å². The topological polar surface area (TPSA) is 243 Å². The van der Waals surface area contributed by atoms with Gasteiger partial charge in [-0.1, -0.05) is 36.4 Å². The van der Waals surface area contributed by atoms with Crippen LogP contribution in [0.3, 0.4) is 0 Å². The van der Waals surface area contributed by atoms with Gasteiger partial charge in [0, 0.05) is 78.9 Å². The predicted molar refractivity (Wildman–Crippen MR) is 217 cm³/mol. The number of aromatic nitrogens is 2. The number of primary amides is 1. The number of carbonyl (C=O) groups excluding carboxylic acids is 6. The zero-order valence-electron chi connectivity index (χ0n) is 32.9. The second-order valence-corrected chi connectivity index (χ2v) is 13.8. The van der Waals surface area contributed by atoms with Crippen molar-refractivity contribution in [3.05, 3.63) is 72.1 Å². The number of hydrogen-bond acceptors (Lipinski definition) is 9. The number of hydrogen-bond donors (Lipinski definition) is 8. The number of urea groups is 1. The van der Waals surface area contributed by atoms with Crippen LogP contribution in [0.1, 0.15) is 70.4 Å². The fraction of sp³-hybridized carbons (Fsp3) is 0.463. The fourth-order valence-corrected chi connectivity index (χ4v) is 6.64. The minimum absolute atomic E-state index is 0. The lowest BCUT2D eigenvalue weighted by molar-refractivity contribution is -0.128. The van der Waals surface area contributed by atoms with Crippen LogP contribution in [0.25, 0.3) is 21.8 Å². The first-order valence-electron chi connectivity index (χ1n) is 18.6. The third kappa shape index (κ3) is 14.9. The minimum Gasteiger partial charge on any atom is -0.361 e. The van der Waals surface area contributed by atoms with E-state index in [1.54, 1.807) is 14.1 Å². The van der Waals surface area contributed by atoms with E-state index in [1.165, 1.54) is 20.8 Å².